The van der Waals surface area contributed by atoms with Crippen molar-refractivity contribution < 1.29 is 4.52 Å². The van der Waals surface area contributed by atoms with E-state index in [0.717, 1.165) is 30.3 Å². The summed E-state index contributed by atoms with van der Waals surface area (Å²) in [5.41, 5.74) is 1.94. The summed E-state index contributed by atoms with van der Waals surface area (Å²) in [5.74, 6) is 2.02. The number of fused-ring (bicyclic) bond motifs is 1. The Morgan fingerprint density at radius 3 is 3.00 bits per heavy atom. The van der Waals surface area contributed by atoms with Gasteiger partial charge in [-0.15, -0.1) is 24.0 Å². The first-order valence-corrected chi connectivity index (χ1v) is 7.62. The number of rotatable bonds is 4. The molecule has 0 spiro atoms. The summed E-state index contributed by atoms with van der Waals surface area (Å²) in [5, 5.41) is 7.27. The van der Waals surface area contributed by atoms with Crippen molar-refractivity contribution in [2.24, 2.45) is 4.99 Å². The number of aryl methyl sites for hydroxylation is 2. The van der Waals surface area contributed by atoms with Crippen molar-refractivity contribution in [3.8, 4) is 0 Å². The Bertz CT molecular complexity index is 613. The lowest BCUT2D eigenvalue weighted by molar-refractivity contribution is 0.391. The van der Waals surface area contributed by atoms with Gasteiger partial charge in [0.25, 0.3) is 0 Å². The maximum absolute atomic E-state index is 4.85. The molecule has 7 nitrogen and oxygen atoms in total. The second kappa shape index (κ2) is 8.32. The number of nitrogens with one attached hydrogen (secondary N) is 1. The van der Waals surface area contributed by atoms with Crippen molar-refractivity contribution in [3.05, 3.63) is 35.7 Å². The zero-order chi connectivity index (χ0) is 15.4. The van der Waals surface area contributed by atoms with Crippen molar-refractivity contribution in [2.75, 3.05) is 14.1 Å². The van der Waals surface area contributed by atoms with Crippen LogP contribution in [-0.2, 0) is 26.1 Å². The normalized spacial score (nSPS) is 14.1. The highest BCUT2D eigenvalue weighted by molar-refractivity contribution is 14.0. The van der Waals surface area contributed by atoms with E-state index in [1.807, 2.05) is 18.0 Å². The Hall–Kier alpha value is -1.58. The zero-order valence-electron chi connectivity index (χ0n) is 13.5. The number of nitrogens with zero attached hydrogens (tertiary/aromatic N) is 5. The number of halogens is 1. The van der Waals surface area contributed by atoms with Gasteiger partial charge < -0.3 is 19.3 Å². The van der Waals surface area contributed by atoms with Crippen LogP contribution in [0.3, 0.4) is 0 Å². The summed E-state index contributed by atoms with van der Waals surface area (Å²) in [4.78, 5) is 11.0. The lowest BCUT2D eigenvalue weighted by Gasteiger charge is -2.20. The Balaban J connectivity index is 0.00000192. The molecule has 0 saturated heterocycles. The third kappa shape index (κ3) is 4.46. The van der Waals surface area contributed by atoms with E-state index >= 15 is 0 Å². The highest BCUT2D eigenvalue weighted by Gasteiger charge is 2.13. The van der Waals surface area contributed by atoms with Gasteiger partial charge in [-0.2, -0.15) is 0 Å². The smallest absolute Gasteiger partial charge is 0.194 e. The maximum Gasteiger partial charge on any atom is 0.194 e. The second-order valence-electron chi connectivity index (χ2n) is 5.55. The fourth-order valence-electron chi connectivity index (χ4n) is 2.75. The quantitative estimate of drug-likeness (QED) is 0.457. The van der Waals surface area contributed by atoms with Crippen molar-refractivity contribution in [1.29, 1.82) is 0 Å². The number of imidazole rings is 1. The maximum atomic E-state index is 4.85. The fourth-order valence-corrected chi connectivity index (χ4v) is 2.75. The molecule has 1 N–H and O–H groups in total. The number of hydrogen-bond acceptors (Lipinski definition) is 4. The molecule has 23 heavy (non-hydrogen) atoms. The minimum atomic E-state index is 0. The second-order valence-corrected chi connectivity index (χ2v) is 5.55. The monoisotopic (exact) mass is 430 g/mol. The molecule has 1 aliphatic rings. The average Bonchev–Trinajstić information content (AvgIpc) is 3.16. The molecule has 3 heterocycles. The van der Waals surface area contributed by atoms with Crippen LogP contribution in [0.25, 0.3) is 0 Å². The Kier molecular flexibility index (Phi) is 6.43. The molecule has 0 radical (unpaired) electrons. The van der Waals surface area contributed by atoms with Crippen molar-refractivity contribution in [2.45, 2.75) is 38.9 Å². The van der Waals surface area contributed by atoms with Gasteiger partial charge in [0.05, 0.1) is 18.8 Å². The first-order valence-electron chi connectivity index (χ1n) is 7.62. The molecular formula is C15H23IN6O. The van der Waals surface area contributed by atoms with Crippen molar-refractivity contribution in [3.63, 3.8) is 0 Å². The van der Waals surface area contributed by atoms with Crippen molar-refractivity contribution in [1.82, 2.24) is 24.9 Å². The van der Waals surface area contributed by atoms with Crippen LogP contribution in [0.5, 0.6) is 0 Å². The van der Waals surface area contributed by atoms with E-state index in [1.54, 1.807) is 13.3 Å². The molecule has 2 aromatic rings. The van der Waals surface area contributed by atoms with Gasteiger partial charge in [0, 0.05) is 39.3 Å². The van der Waals surface area contributed by atoms with Gasteiger partial charge in [-0.1, -0.05) is 5.16 Å². The molecule has 0 amide bonds. The number of aliphatic imine (C=N–C) groups is 1. The number of aromatic nitrogens is 3. The minimum Gasteiger partial charge on any atom is -0.364 e. The van der Waals surface area contributed by atoms with Gasteiger partial charge in [-0.25, -0.2) is 4.98 Å². The van der Waals surface area contributed by atoms with Gasteiger partial charge in [0.15, 0.2) is 5.96 Å². The van der Waals surface area contributed by atoms with Gasteiger partial charge in [0.1, 0.15) is 17.8 Å². The molecule has 0 unspecified atom stereocenters. The van der Waals surface area contributed by atoms with Gasteiger partial charge in [0.2, 0.25) is 0 Å². The van der Waals surface area contributed by atoms with Crippen LogP contribution < -0.4 is 5.32 Å². The van der Waals surface area contributed by atoms with Crippen LogP contribution >= 0.6 is 24.0 Å². The Labute approximate surface area is 153 Å². The van der Waals surface area contributed by atoms with Gasteiger partial charge >= 0.3 is 0 Å². The zero-order valence-corrected chi connectivity index (χ0v) is 15.9. The van der Waals surface area contributed by atoms with Crippen LogP contribution in [-0.4, -0.2) is 39.7 Å². The van der Waals surface area contributed by atoms with E-state index in [4.69, 9.17) is 9.51 Å². The van der Waals surface area contributed by atoms with Gasteiger partial charge in [-0.3, -0.25) is 4.99 Å². The minimum absolute atomic E-state index is 0. The van der Waals surface area contributed by atoms with Gasteiger partial charge in [-0.05, 0) is 12.8 Å². The first kappa shape index (κ1) is 17.8. The average molecular weight is 430 g/mol. The Morgan fingerprint density at radius 1 is 1.43 bits per heavy atom. The van der Waals surface area contributed by atoms with Crippen LogP contribution in [0.2, 0.25) is 0 Å². The summed E-state index contributed by atoms with van der Waals surface area (Å²) in [7, 11) is 3.75. The molecule has 0 aromatic carbocycles. The van der Waals surface area contributed by atoms with Crippen LogP contribution in [0.1, 0.15) is 30.1 Å². The molecule has 0 saturated carbocycles. The molecule has 126 valence electrons. The van der Waals surface area contributed by atoms with Crippen molar-refractivity contribution >= 4 is 29.9 Å². The standard InChI is InChI=1S/C15H22N6O.HI/c1-16-15(20(2)10-12-6-8-22-19-12)17-9-13-11-21-7-4-3-5-14(21)18-13;/h6,8,11H,3-5,7,9-10H2,1-2H3,(H,16,17);1H. The van der Waals surface area contributed by atoms with E-state index < -0.39 is 0 Å². The summed E-state index contributed by atoms with van der Waals surface area (Å²) >= 11 is 0. The van der Waals surface area contributed by atoms with E-state index in [0.29, 0.717) is 13.1 Å². The largest absolute Gasteiger partial charge is 0.364 e. The molecule has 3 rings (SSSR count). The third-order valence-corrected chi connectivity index (χ3v) is 3.85. The highest BCUT2D eigenvalue weighted by Crippen LogP contribution is 2.14. The molecule has 1 aliphatic heterocycles. The summed E-state index contributed by atoms with van der Waals surface area (Å²) in [6.07, 6.45) is 7.30. The third-order valence-electron chi connectivity index (χ3n) is 3.85. The lowest BCUT2D eigenvalue weighted by atomic mass is 10.2. The van der Waals surface area contributed by atoms with Crippen LogP contribution in [0.4, 0.5) is 0 Å². The summed E-state index contributed by atoms with van der Waals surface area (Å²) in [6.45, 7) is 2.41. The SMILES string of the molecule is CN=C(NCc1cn2c(n1)CCCC2)N(C)Cc1ccon1.I. The number of hydrogen-bond donors (Lipinski definition) is 1. The van der Waals surface area contributed by atoms with Crippen LogP contribution in [0.15, 0.2) is 28.0 Å². The summed E-state index contributed by atoms with van der Waals surface area (Å²) < 4.78 is 7.12. The van der Waals surface area contributed by atoms with E-state index in [2.05, 4.69) is 26.2 Å². The lowest BCUT2D eigenvalue weighted by Crippen LogP contribution is -2.38. The molecule has 8 heteroatoms. The molecule has 0 atom stereocenters. The summed E-state index contributed by atoms with van der Waals surface area (Å²) in [6, 6.07) is 1.85. The van der Waals surface area contributed by atoms with E-state index in [1.165, 1.54) is 18.7 Å². The molecule has 0 aliphatic carbocycles. The molecule has 0 bridgehead atoms. The molecule has 0 fully saturated rings. The Morgan fingerprint density at radius 2 is 2.30 bits per heavy atom. The van der Waals surface area contributed by atoms with E-state index in [9.17, 15) is 0 Å². The fraction of sp³-hybridized carbons (Fsp3) is 0.533. The first-order chi connectivity index (χ1) is 10.8. The predicted octanol–water partition coefficient (Wildman–Crippen LogP) is 2.03. The highest BCUT2D eigenvalue weighted by atomic mass is 127. The molecular weight excluding hydrogens is 407 g/mol. The number of guanidine groups is 1. The van der Waals surface area contributed by atoms with Crippen LogP contribution in [0, 0.1) is 0 Å². The predicted molar refractivity (Wildman–Crippen MR) is 98.7 cm³/mol. The topological polar surface area (TPSA) is 71.5 Å². The molecule has 2 aromatic heterocycles. The van der Waals surface area contributed by atoms with E-state index in [-0.39, 0.29) is 24.0 Å².